The van der Waals surface area contributed by atoms with Crippen LogP contribution in [0.3, 0.4) is 0 Å². The fourth-order valence-corrected chi connectivity index (χ4v) is 5.00. The second-order valence-corrected chi connectivity index (χ2v) is 9.31. The Labute approximate surface area is 194 Å². The van der Waals surface area contributed by atoms with Gasteiger partial charge in [-0.1, -0.05) is 18.2 Å². The lowest BCUT2D eigenvalue weighted by Gasteiger charge is -2.12. The topological polar surface area (TPSA) is 59.8 Å². The van der Waals surface area contributed by atoms with Crippen LogP contribution >= 0.6 is 31.9 Å². The molecular weight excluding hydrogens is 527 g/mol. The van der Waals surface area contributed by atoms with E-state index in [0.717, 1.165) is 29.9 Å². The van der Waals surface area contributed by atoms with Crippen molar-refractivity contribution in [2.45, 2.75) is 25.7 Å². The quantitative estimate of drug-likeness (QED) is 0.318. The van der Waals surface area contributed by atoms with Crippen molar-refractivity contribution < 1.29 is 9.18 Å². The number of anilines is 1. The first kappa shape index (κ1) is 20.3. The molecule has 1 N–H and O–H groups in total. The van der Waals surface area contributed by atoms with Crippen molar-refractivity contribution in [3.8, 4) is 5.69 Å². The molecule has 1 saturated carbocycles. The highest BCUT2D eigenvalue weighted by Crippen LogP contribution is 2.41. The molecule has 5 nitrogen and oxygen atoms in total. The summed E-state index contributed by atoms with van der Waals surface area (Å²) in [5.74, 6) is -0.336. The van der Waals surface area contributed by atoms with Gasteiger partial charge in [0.25, 0.3) is 5.91 Å². The number of aryl methyl sites for hydroxylation is 1. The second-order valence-electron chi connectivity index (χ2n) is 7.60. The van der Waals surface area contributed by atoms with E-state index in [2.05, 4.69) is 42.3 Å². The van der Waals surface area contributed by atoms with Gasteiger partial charge in [0, 0.05) is 20.6 Å². The molecule has 0 radical (unpaired) electrons. The van der Waals surface area contributed by atoms with Gasteiger partial charge in [-0.15, -0.1) is 0 Å². The molecule has 0 aliphatic heterocycles. The number of nitrogens with zero attached hydrogens (tertiary/aromatic N) is 3. The van der Waals surface area contributed by atoms with E-state index >= 15 is 0 Å². The van der Waals surface area contributed by atoms with Gasteiger partial charge in [0.05, 0.1) is 28.0 Å². The highest BCUT2D eigenvalue weighted by atomic mass is 79.9. The Hall–Kier alpha value is -2.58. The second kappa shape index (κ2) is 7.84. The minimum atomic E-state index is -0.404. The van der Waals surface area contributed by atoms with E-state index < -0.39 is 5.82 Å². The van der Waals surface area contributed by atoms with Crippen LogP contribution in [0, 0.1) is 12.7 Å². The summed E-state index contributed by atoms with van der Waals surface area (Å²) >= 11 is 6.66. The third-order valence-electron chi connectivity index (χ3n) is 5.32. The predicted octanol–water partition coefficient (Wildman–Crippen LogP) is 6.52. The molecule has 0 bridgehead atoms. The number of fused-ring (bicyclic) bond motifs is 1. The molecule has 1 amide bonds. The number of hydrogen-bond donors (Lipinski definition) is 1. The van der Waals surface area contributed by atoms with Gasteiger partial charge in [-0.25, -0.2) is 14.1 Å². The largest absolute Gasteiger partial charge is 0.320 e. The minimum Gasteiger partial charge on any atom is -0.320 e. The fraction of sp³-hybridized carbons (Fsp3) is 0.174. The highest BCUT2D eigenvalue weighted by molar-refractivity contribution is 9.11. The number of amides is 1. The summed E-state index contributed by atoms with van der Waals surface area (Å²) in [5.41, 5.74) is 4.14. The number of carbonyl (C=O) groups excluding carboxylic acids is 1. The zero-order chi connectivity index (χ0) is 21.7. The molecule has 31 heavy (non-hydrogen) atoms. The lowest BCUT2D eigenvalue weighted by Crippen LogP contribution is -2.14. The molecule has 2 heterocycles. The maximum Gasteiger partial charge on any atom is 0.256 e. The predicted molar refractivity (Wildman–Crippen MR) is 125 cm³/mol. The van der Waals surface area contributed by atoms with E-state index in [1.807, 2.05) is 43.3 Å². The van der Waals surface area contributed by atoms with Crippen molar-refractivity contribution >= 4 is 54.5 Å². The molecule has 1 fully saturated rings. The van der Waals surface area contributed by atoms with Crippen LogP contribution in [0.15, 0.2) is 57.5 Å². The number of pyridine rings is 1. The molecular formula is C23H17Br2FN4O. The van der Waals surface area contributed by atoms with Crippen LogP contribution in [-0.4, -0.2) is 20.7 Å². The SMILES string of the molecule is Cc1nn(-c2ccccc2)c2nc(C3CC3)cc(C(=O)Nc3c(Br)cc(F)cc3Br)c12. The lowest BCUT2D eigenvalue weighted by molar-refractivity contribution is 0.102. The Morgan fingerprint density at radius 1 is 1.13 bits per heavy atom. The molecule has 8 heteroatoms. The normalized spacial score (nSPS) is 13.5. The standard InChI is InChI=1S/C23H17Br2FN4O/c1-12-20-16(23(31)28-21-17(24)9-14(26)10-18(21)25)11-19(13-7-8-13)27-22(20)30(29-12)15-5-3-2-4-6-15/h2-6,9-11,13H,7-8H2,1H3,(H,28,31). The Morgan fingerprint density at radius 2 is 1.81 bits per heavy atom. The first-order chi connectivity index (χ1) is 14.9. The number of aromatic nitrogens is 3. The van der Waals surface area contributed by atoms with Crippen LogP contribution in [0.5, 0.6) is 0 Å². The van der Waals surface area contributed by atoms with E-state index in [-0.39, 0.29) is 5.91 Å². The average Bonchev–Trinajstić information content (AvgIpc) is 3.54. The van der Waals surface area contributed by atoms with Gasteiger partial charge in [-0.05, 0) is 82.0 Å². The fourth-order valence-electron chi connectivity index (χ4n) is 3.67. The van der Waals surface area contributed by atoms with Crippen molar-refractivity contribution in [1.29, 1.82) is 0 Å². The Morgan fingerprint density at radius 3 is 2.45 bits per heavy atom. The number of benzene rings is 2. The van der Waals surface area contributed by atoms with Crippen LogP contribution in [-0.2, 0) is 0 Å². The first-order valence-electron chi connectivity index (χ1n) is 9.84. The van der Waals surface area contributed by atoms with E-state index in [1.54, 1.807) is 4.68 Å². The summed E-state index contributed by atoms with van der Waals surface area (Å²) in [7, 11) is 0. The number of rotatable bonds is 4. The molecule has 2 aromatic carbocycles. The number of nitrogens with one attached hydrogen (secondary N) is 1. The van der Waals surface area contributed by atoms with E-state index in [1.165, 1.54) is 12.1 Å². The minimum absolute atomic E-state index is 0.294. The smallest absolute Gasteiger partial charge is 0.256 e. The summed E-state index contributed by atoms with van der Waals surface area (Å²) in [4.78, 5) is 18.3. The number of carbonyl (C=O) groups is 1. The molecule has 156 valence electrons. The number of hydrogen-bond acceptors (Lipinski definition) is 3. The first-order valence-corrected chi connectivity index (χ1v) is 11.4. The van der Waals surface area contributed by atoms with Gasteiger partial charge in [0.15, 0.2) is 5.65 Å². The van der Waals surface area contributed by atoms with Gasteiger partial charge in [-0.2, -0.15) is 5.10 Å². The third kappa shape index (κ3) is 3.78. The van der Waals surface area contributed by atoms with Crippen LogP contribution in [0.4, 0.5) is 10.1 Å². The van der Waals surface area contributed by atoms with Gasteiger partial charge in [0.2, 0.25) is 0 Å². The van der Waals surface area contributed by atoms with E-state index in [9.17, 15) is 9.18 Å². The molecule has 4 aromatic rings. The van der Waals surface area contributed by atoms with Crippen LogP contribution < -0.4 is 5.32 Å². The van der Waals surface area contributed by atoms with Crippen molar-refractivity contribution in [1.82, 2.24) is 14.8 Å². The van der Waals surface area contributed by atoms with Crippen molar-refractivity contribution in [2.75, 3.05) is 5.32 Å². The van der Waals surface area contributed by atoms with Gasteiger partial charge < -0.3 is 5.32 Å². The summed E-state index contributed by atoms with van der Waals surface area (Å²) < 4.78 is 16.4. The molecule has 2 aromatic heterocycles. The molecule has 0 saturated heterocycles. The van der Waals surface area contributed by atoms with Crippen LogP contribution in [0.25, 0.3) is 16.7 Å². The number of halogens is 3. The van der Waals surface area contributed by atoms with Gasteiger partial charge in [-0.3, -0.25) is 4.79 Å². The van der Waals surface area contributed by atoms with E-state index in [0.29, 0.717) is 37.1 Å². The molecule has 5 rings (SSSR count). The number of para-hydroxylation sites is 1. The molecule has 1 aliphatic rings. The maximum absolute atomic E-state index is 13.7. The Kier molecular flexibility index (Phi) is 5.14. The molecule has 0 atom stereocenters. The van der Waals surface area contributed by atoms with Gasteiger partial charge in [0.1, 0.15) is 5.82 Å². The maximum atomic E-state index is 13.7. The molecule has 1 aliphatic carbocycles. The van der Waals surface area contributed by atoms with Crippen molar-refractivity contribution in [3.05, 3.63) is 80.2 Å². The molecule has 0 unspecified atom stereocenters. The van der Waals surface area contributed by atoms with Gasteiger partial charge >= 0.3 is 0 Å². The monoisotopic (exact) mass is 542 g/mol. The highest BCUT2D eigenvalue weighted by Gasteiger charge is 2.29. The Bertz CT molecular complexity index is 1310. The average molecular weight is 544 g/mol. The lowest BCUT2D eigenvalue weighted by atomic mass is 10.1. The zero-order valence-corrected chi connectivity index (χ0v) is 19.7. The summed E-state index contributed by atoms with van der Waals surface area (Å²) in [6.07, 6.45) is 2.13. The van der Waals surface area contributed by atoms with E-state index in [4.69, 9.17) is 4.98 Å². The Balaban J connectivity index is 1.66. The van der Waals surface area contributed by atoms with Crippen LogP contribution in [0.2, 0.25) is 0 Å². The summed E-state index contributed by atoms with van der Waals surface area (Å²) in [6, 6.07) is 14.3. The zero-order valence-electron chi connectivity index (χ0n) is 16.5. The third-order valence-corrected chi connectivity index (χ3v) is 6.57. The molecule has 0 spiro atoms. The summed E-state index contributed by atoms with van der Waals surface area (Å²) in [5, 5.41) is 8.30. The van der Waals surface area contributed by atoms with Crippen LogP contribution in [0.1, 0.15) is 40.5 Å². The van der Waals surface area contributed by atoms with Crippen molar-refractivity contribution in [2.24, 2.45) is 0 Å². The summed E-state index contributed by atoms with van der Waals surface area (Å²) in [6.45, 7) is 1.88. The van der Waals surface area contributed by atoms with Crippen molar-refractivity contribution in [3.63, 3.8) is 0 Å².